The van der Waals surface area contributed by atoms with Crippen LogP contribution < -0.4 is 4.74 Å². The van der Waals surface area contributed by atoms with Gasteiger partial charge in [0.1, 0.15) is 11.6 Å². The average molecular weight is 474 g/mol. The Kier molecular flexibility index (Phi) is 6.85. The molecule has 3 aromatic rings. The van der Waals surface area contributed by atoms with Crippen LogP contribution in [0.2, 0.25) is 5.02 Å². The van der Waals surface area contributed by atoms with E-state index in [1.165, 1.54) is 35.0 Å². The molecule has 0 unspecified atom stereocenters. The van der Waals surface area contributed by atoms with E-state index in [-0.39, 0.29) is 34.9 Å². The number of ether oxygens (including phenoxy) is 1. The van der Waals surface area contributed by atoms with Crippen molar-refractivity contribution in [2.75, 3.05) is 26.2 Å². The molecule has 1 fully saturated rings. The van der Waals surface area contributed by atoms with Crippen LogP contribution in [0.4, 0.5) is 10.1 Å². The van der Waals surface area contributed by atoms with E-state index in [4.69, 9.17) is 16.3 Å². The van der Waals surface area contributed by atoms with Gasteiger partial charge in [0, 0.05) is 51.1 Å². The van der Waals surface area contributed by atoms with Crippen molar-refractivity contribution in [3.8, 4) is 5.75 Å². The normalized spacial score (nSPS) is 14.3. The number of halogens is 2. The first kappa shape index (κ1) is 22.7. The molecule has 0 radical (unpaired) electrons. The third-order valence-electron chi connectivity index (χ3n) is 5.29. The molecular weight excluding hydrogens is 453 g/mol. The third kappa shape index (κ3) is 5.65. The highest BCUT2D eigenvalue weighted by Gasteiger charge is 2.24. The zero-order chi connectivity index (χ0) is 23.4. The molecule has 0 bridgehead atoms. The smallest absolute Gasteiger partial charge is 0.274 e. The number of piperazine rings is 1. The van der Waals surface area contributed by atoms with Crippen LogP contribution in [0.3, 0.4) is 0 Å². The number of nitro benzene ring substituents is 1. The van der Waals surface area contributed by atoms with Gasteiger partial charge < -0.3 is 9.64 Å². The monoisotopic (exact) mass is 473 g/mol. The summed E-state index contributed by atoms with van der Waals surface area (Å²) < 4.78 is 20.4. The number of nitro groups is 1. The van der Waals surface area contributed by atoms with E-state index >= 15 is 0 Å². The Balaban J connectivity index is 1.29. The van der Waals surface area contributed by atoms with Gasteiger partial charge in [0.2, 0.25) is 0 Å². The Morgan fingerprint density at radius 3 is 2.64 bits per heavy atom. The van der Waals surface area contributed by atoms with Crippen molar-refractivity contribution >= 4 is 23.2 Å². The predicted molar refractivity (Wildman–Crippen MR) is 119 cm³/mol. The van der Waals surface area contributed by atoms with Gasteiger partial charge in [-0.3, -0.25) is 19.8 Å². The molecule has 2 aromatic carbocycles. The van der Waals surface area contributed by atoms with Gasteiger partial charge in [-0.2, -0.15) is 5.10 Å². The Hall–Kier alpha value is -3.50. The molecule has 2 heterocycles. The van der Waals surface area contributed by atoms with Crippen molar-refractivity contribution in [1.29, 1.82) is 0 Å². The van der Waals surface area contributed by atoms with Crippen LogP contribution >= 0.6 is 11.6 Å². The minimum absolute atomic E-state index is 0.00771. The van der Waals surface area contributed by atoms with Crippen LogP contribution in [0.15, 0.2) is 54.7 Å². The van der Waals surface area contributed by atoms with E-state index in [1.54, 1.807) is 23.2 Å². The Morgan fingerprint density at radius 1 is 1.15 bits per heavy atom. The summed E-state index contributed by atoms with van der Waals surface area (Å²) in [5, 5.41) is 15.2. The first-order valence-corrected chi connectivity index (χ1v) is 10.6. The van der Waals surface area contributed by atoms with Crippen molar-refractivity contribution in [2.24, 2.45) is 0 Å². The molecule has 0 saturated carbocycles. The quantitative estimate of drug-likeness (QED) is 0.384. The van der Waals surface area contributed by atoms with E-state index in [9.17, 15) is 19.3 Å². The molecule has 0 N–H and O–H groups in total. The number of carbonyl (C=O) groups is 1. The zero-order valence-corrected chi connectivity index (χ0v) is 18.3. The molecule has 172 valence electrons. The standard InChI is InChI=1S/C22H21ClFN5O4/c23-19-13-18(29(31)32)4-5-21(19)33-15-28-7-6-20(25-28)22(30)27-10-8-26(9-11-27)14-16-2-1-3-17(24)12-16/h1-7,12-13H,8-11,14-15H2. The van der Waals surface area contributed by atoms with Crippen LogP contribution in [0.25, 0.3) is 0 Å². The molecule has 9 nitrogen and oxygen atoms in total. The summed E-state index contributed by atoms with van der Waals surface area (Å²) in [4.78, 5) is 27.0. The second-order valence-corrected chi connectivity index (χ2v) is 7.99. The van der Waals surface area contributed by atoms with Crippen molar-refractivity contribution in [3.05, 3.63) is 86.9 Å². The van der Waals surface area contributed by atoms with E-state index in [0.717, 1.165) is 5.56 Å². The Morgan fingerprint density at radius 2 is 1.94 bits per heavy atom. The maximum Gasteiger partial charge on any atom is 0.274 e. The highest BCUT2D eigenvalue weighted by molar-refractivity contribution is 6.32. The molecular formula is C22H21ClFN5O4. The van der Waals surface area contributed by atoms with E-state index in [2.05, 4.69) is 10.00 Å². The van der Waals surface area contributed by atoms with E-state index in [1.807, 2.05) is 6.07 Å². The summed E-state index contributed by atoms with van der Waals surface area (Å²) in [6, 6.07) is 12.1. The molecule has 1 saturated heterocycles. The van der Waals surface area contributed by atoms with Crippen molar-refractivity contribution in [2.45, 2.75) is 13.3 Å². The van der Waals surface area contributed by atoms with Crippen molar-refractivity contribution in [1.82, 2.24) is 19.6 Å². The number of nitrogens with zero attached hydrogens (tertiary/aromatic N) is 5. The highest BCUT2D eigenvalue weighted by atomic mass is 35.5. The fourth-order valence-corrected chi connectivity index (χ4v) is 3.80. The summed E-state index contributed by atoms with van der Waals surface area (Å²) in [7, 11) is 0. The van der Waals surface area contributed by atoms with Crippen molar-refractivity contribution < 1.29 is 18.8 Å². The summed E-state index contributed by atoms with van der Waals surface area (Å²) in [5.74, 6) is -0.149. The average Bonchev–Trinajstić information content (AvgIpc) is 3.27. The lowest BCUT2D eigenvalue weighted by Gasteiger charge is -2.34. The lowest BCUT2D eigenvalue weighted by atomic mass is 10.2. The molecule has 0 aliphatic carbocycles. The first-order valence-electron chi connectivity index (χ1n) is 10.3. The highest BCUT2D eigenvalue weighted by Crippen LogP contribution is 2.28. The van der Waals surface area contributed by atoms with Gasteiger partial charge in [-0.05, 0) is 29.8 Å². The zero-order valence-electron chi connectivity index (χ0n) is 17.6. The van der Waals surface area contributed by atoms with Crippen LogP contribution in [-0.4, -0.2) is 56.6 Å². The number of rotatable bonds is 7. The molecule has 1 aromatic heterocycles. The molecule has 1 aliphatic heterocycles. The number of hydrogen-bond acceptors (Lipinski definition) is 6. The molecule has 33 heavy (non-hydrogen) atoms. The maximum absolute atomic E-state index is 13.4. The lowest BCUT2D eigenvalue weighted by Crippen LogP contribution is -2.48. The Bertz CT molecular complexity index is 1160. The summed E-state index contributed by atoms with van der Waals surface area (Å²) in [5.41, 5.74) is 1.07. The molecule has 1 amide bonds. The van der Waals surface area contributed by atoms with Gasteiger partial charge in [0.25, 0.3) is 11.6 Å². The second kappa shape index (κ2) is 9.97. The summed E-state index contributed by atoms with van der Waals surface area (Å²) in [6.07, 6.45) is 1.62. The van der Waals surface area contributed by atoms with Crippen LogP contribution in [0.5, 0.6) is 5.75 Å². The molecule has 0 spiro atoms. The van der Waals surface area contributed by atoms with Gasteiger partial charge in [0.15, 0.2) is 12.4 Å². The number of carbonyl (C=O) groups excluding carboxylic acids is 1. The minimum atomic E-state index is -0.539. The summed E-state index contributed by atoms with van der Waals surface area (Å²) in [6.45, 7) is 3.10. The molecule has 0 atom stereocenters. The largest absolute Gasteiger partial charge is 0.470 e. The van der Waals surface area contributed by atoms with Crippen LogP contribution in [0, 0.1) is 15.9 Å². The summed E-state index contributed by atoms with van der Waals surface area (Å²) >= 11 is 6.03. The van der Waals surface area contributed by atoms with Crippen molar-refractivity contribution in [3.63, 3.8) is 0 Å². The van der Waals surface area contributed by atoms with Gasteiger partial charge in [-0.15, -0.1) is 0 Å². The second-order valence-electron chi connectivity index (χ2n) is 7.58. The number of hydrogen-bond donors (Lipinski definition) is 0. The topological polar surface area (TPSA) is 93.7 Å². The van der Waals surface area contributed by atoms with Gasteiger partial charge in [-0.25, -0.2) is 9.07 Å². The minimum Gasteiger partial charge on any atom is -0.470 e. The number of non-ortho nitro benzene ring substituents is 1. The number of aromatic nitrogens is 2. The van der Waals surface area contributed by atoms with Gasteiger partial charge >= 0.3 is 0 Å². The Labute approximate surface area is 194 Å². The van der Waals surface area contributed by atoms with Crippen LogP contribution in [-0.2, 0) is 13.3 Å². The molecule has 1 aliphatic rings. The fraction of sp³-hybridized carbons (Fsp3) is 0.273. The fourth-order valence-electron chi connectivity index (χ4n) is 3.57. The lowest BCUT2D eigenvalue weighted by molar-refractivity contribution is -0.384. The van der Waals surface area contributed by atoms with Gasteiger partial charge in [0.05, 0.1) is 9.95 Å². The third-order valence-corrected chi connectivity index (χ3v) is 5.59. The van der Waals surface area contributed by atoms with Crippen LogP contribution in [0.1, 0.15) is 16.1 Å². The molecule has 11 heteroatoms. The van der Waals surface area contributed by atoms with Gasteiger partial charge in [-0.1, -0.05) is 23.7 Å². The molecule has 4 rings (SSSR count). The number of benzene rings is 2. The first-order chi connectivity index (χ1) is 15.9. The predicted octanol–water partition coefficient (Wildman–Crippen LogP) is 3.58. The maximum atomic E-state index is 13.4. The SMILES string of the molecule is O=C(c1ccn(COc2ccc([N+](=O)[O-])cc2Cl)n1)N1CCN(Cc2cccc(F)c2)CC1. The van der Waals surface area contributed by atoms with E-state index in [0.29, 0.717) is 38.4 Å². The van der Waals surface area contributed by atoms with E-state index < -0.39 is 4.92 Å². The number of amides is 1.